The highest BCUT2D eigenvalue weighted by Gasteiger charge is 2.21. The fourth-order valence-electron chi connectivity index (χ4n) is 2.22. The monoisotopic (exact) mass is 337 g/mol. The van der Waals surface area contributed by atoms with E-state index in [0.717, 1.165) is 21.9 Å². The number of rotatable bonds is 4. The summed E-state index contributed by atoms with van der Waals surface area (Å²) in [5.41, 5.74) is 1.12. The lowest BCUT2D eigenvalue weighted by atomic mass is 10.1. The molecule has 0 aliphatic carbocycles. The van der Waals surface area contributed by atoms with Crippen LogP contribution < -0.4 is 10.6 Å². The minimum absolute atomic E-state index is 0.108. The zero-order valence-corrected chi connectivity index (χ0v) is 13.4. The highest BCUT2D eigenvalue weighted by Crippen LogP contribution is 2.22. The van der Waals surface area contributed by atoms with E-state index < -0.39 is 0 Å². The van der Waals surface area contributed by atoms with Gasteiger partial charge in [0.05, 0.1) is 13.2 Å². The first-order valence-electron chi connectivity index (χ1n) is 7.02. The van der Waals surface area contributed by atoms with Gasteiger partial charge in [-0.25, -0.2) is 4.98 Å². The molecule has 1 saturated heterocycles. The molecule has 1 fully saturated rings. The minimum atomic E-state index is -0.311. The molecule has 1 aliphatic heterocycles. The number of nitrogens with zero attached hydrogens (tertiary/aromatic N) is 1. The Morgan fingerprint density at radius 1 is 1.55 bits per heavy atom. The summed E-state index contributed by atoms with van der Waals surface area (Å²) in [5, 5.41) is 7.27. The van der Waals surface area contributed by atoms with Crippen LogP contribution in [-0.4, -0.2) is 36.7 Å². The SMILES string of the molecule is O=C(Nc1ncc(Cc2cccc(Cl)c2)s1)[C@H]1COCCN1. The van der Waals surface area contributed by atoms with Crippen LogP contribution in [0.15, 0.2) is 30.5 Å². The molecule has 5 nitrogen and oxygen atoms in total. The van der Waals surface area contributed by atoms with Crippen LogP contribution >= 0.6 is 22.9 Å². The van der Waals surface area contributed by atoms with Crippen LogP contribution in [0.25, 0.3) is 0 Å². The lowest BCUT2D eigenvalue weighted by molar-refractivity contribution is -0.120. The van der Waals surface area contributed by atoms with Crippen LogP contribution in [0.2, 0.25) is 5.02 Å². The Bertz CT molecular complexity index is 656. The van der Waals surface area contributed by atoms with Crippen molar-refractivity contribution in [2.45, 2.75) is 12.5 Å². The molecule has 0 spiro atoms. The number of hydrogen-bond donors (Lipinski definition) is 2. The molecule has 22 heavy (non-hydrogen) atoms. The van der Waals surface area contributed by atoms with Crippen molar-refractivity contribution in [3.8, 4) is 0 Å². The average molecular weight is 338 g/mol. The molecular formula is C15H16ClN3O2S. The smallest absolute Gasteiger partial charge is 0.245 e. The Morgan fingerprint density at radius 2 is 2.45 bits per heavy atom. The van der Waals surface area contributed by atoms with Gasteiger partial charge in [-0.2, -0.15) is 0 Å². The van der Waals surface area contributed by atoms with Crippen LogP contribution in [0.1, 0.15) is 10.4 Å². The third-order valence-electron chi connectivity index (χ3n) is 3.29. The molecule has 7 heteroatoms. The number of halogens is 1. The Kier molecular flexibility index (Phi) is 5.04. The number of hydrogen-bond acceptors (Lipinski definition) is 5. The quantitative estimate of drug-likeness (QED) is 0.898. The standard InChI is InChI=1S/C15H16ClN3O2S/c16-11-3-1-2-10(6-11)7-12-8-18-15(22-12)19-14(20)13-9-21-5-4-17-13/h1-3,6,8,13,17H,4-5,7,9H2,(H,18,19,20)/t13-/m1/s1. The number of nitrogens with one attached hydrogen (secondary N) is 2. The van der Waals surface area contributed by atoms with E-state index in [0.29, 0.717) is 24.9 Å². The van der Waals surface area contributed by atoms with Crippen molar-refractivity contribution < 1.29 is 9.53 Å². The molecule has 2 aromatic rings. The largest absolute Gasteiger partial charge is 0.378 e. The molecule has 1 aliphatic rings. The number of morpholine rings is 1. The van der Waals surface area contributed by atoms with E-state index in [1.165, 1.54) is 11.3 Å². The van der Waals surface area contributed by atoms with E-state index in [1.807, 2.05) is 24.3 Å². The maximum absolute atomic E-state index is 12.1. The topological polar surface area (TPSA) is 63.2 Å². The van der Waals surface area contributed by atoms with Gasteiger partial charge in [-0.05, 0) is 17.7 Å². The van der Waals surface area contributed by atoms with Crippen molar-refractivity contribution in [2.75, 3.05) is 25.1 Å². The number of aromatic nitrogens is 1. The Labute approximate surface area is 137 Å². The molecule has 1 amide bonds. The van der Waals surface area contributed by atoms with E-state index in [9.17, 15) is 4.79 Å². The minimum Gasteiger partial charge on any atom is -0.378 e. The summed E-state index contributed by atoms with van der Waals surface area (Å²) in [6, 6.07) is 7.42. The lowest BCUT2D eigenvalue weighted by Gasteiger charge is -2.22. The molecular weight excluding hydrogens is 322 g/mol. The summed E-state index contributed by atoms with van der Waals surface area (Å²) in [6.07, 6.45) is 2.53. The van der Waals surface area contributed by atoms with Gasteiger partial charge < -0.3 is 15.4 Å². The summed E-state index contributed by atoms with van der Waals surface area (Å²) in [7, 11) is 0. The number of thiazole rings is 1. The molecule has 1 aromatic heterocycles. The van der Waals surface area contributed by atoms with E-state index in [2.05, 4.69) is 15.6 Å². The second kappa shape index (κ2) is 7.19. The van der Waals surface area contributed by atoms with Gasteiger partial charge in [-0.1, -0.05) is 23.7 Å². The molecule has 3 rings (SSSR count). The average Bonchev–Trinajstić information content (AvgIpc) is 2.95. The number of benzene rings is 1. The second-order valence-electron chi connectivity index (χ2n) is 5.01. The highest BCUT2D eigenvalue weighted by molar-refractivity contribution is 7.15. The summed E-state index contributed by atoms with van der Waals surface area (Å²) in [5.74, 6) is -0.108. The van der Waals surface area contributed by atoms with Crippen molar-refractivity contribution >= 4 is 34.0 Å². The number of carbonyl (C=O) groups excluding carboxylic acids is 1. The molecule has 0 radical (unpaired) electrons. The van der Waals surface area contributed by atoms with Crippen molar-refractivity contribution in [1.82, 2.24) is 10.3 Å². The zero-order chi connectivity index (χ0) is 15.4. The van der Waals surface area contributed by atoms with Crippen molar-refractivity contribution in [1.29, 1.82) is 0 Å². The second-order valence-corrected chi connectivity index (χ2v) is 6.56. The van der Waals surface area contributed by atoms with Gasteiger partial charge in [0.25, 0.3) is 0 Å². The first-order valence-corrected chi connectivity index (χ1v) is 8.21. The van der Waals surface area contributed by atoms with Gasteiger partial charge in [0, 0.05) is 29.1 Å². The summed E-state index contributed by atoms with van der Waals surface area (Å²) < 4.78 is 5.28. The van der Waals surface area contributed by atoms with Gasteiger partial charge in [-0.3, -0.25) is 4.79 Å². The number of carbonyl (C=O) groups is 1. The number of anilines is 1. The van der Waals surface area contributed by atoms with Gasteiger partial charge in [0.2, 0.25) is 5.91 Å². The van der Waals surface area contributed by atoms with Crippen LogP contribution in [-0.2, 0) is 16.0 Å². The van der Waals surface area contributed by atoms with Gasteiger partial charge in [0.15, 0.2) is 5.13 Å². The Morgan fingerprint density at radius 3 is 3.23 bits per heavy atom. The van der Waals surface area contributed by atoms with Gasteiger partial charge in [0.1, 0.15) is 6.04 Å². The van der Waals surface area contributed by atoms with Crippen molar-refractivity contribution in [3.63, 3.8) is 0 Å². The summed E-state index contributed by atoms with van der Waals surface area (Å²) in [4.78, 5) is 17.4. The number of amides is 1. The van der Waals surface area contributed by atoms with Crippen molar-refractivity contribution in [2.24, 2.45) is 0 Å². The Balaban J connectivity index is 1.60. The van der Waals surface area contributed by atoms with E-state index in [1.54, 1.807) is 6.20 Å². The maximum Gasteiger partial charge on any atom is 0.245 e. The van der Waals surface area contributed by atoms with Crippen molar-refractivity contribution in [3.05, 3.63) is 45.9 Å². The van der Waals surface area contributed by atoms with Crippen LogP contribution in [0, 0.1) is 0 Å². The molecule has 116 valence electrons. The van der Waals surface area contributed by atoms with Gasteiger partial charge >= 0.3 is 0 Å². The highest BCUT2D eigenvalue weighted by atomic mass is 35.5. The normalized spacial score (nSPS) is 18.1. The summed E-state index contributed by atoms with van der Waals surface area (Å²) >= 11 is 7.45. The van der Waals surface area contributed by atoms with Crippen LogP contribution in [0.4, 0.5) is 5.13 Å². The van der Waals surface area contributed by atoms with E-state index in [-0.39, 0.29) is 11.9 Å². The first-order chi connectivity index (χ1) is 10.7. The lowest BCUT2D eigenvalue weighted by Crippen LogP contribution is -2.48. The van der Waals surface area contributed by atoms with Gasteiger partial charge in [-0.15, -0.1) is 11.3 Å². The zero-order valence-electron chi connectivity index (χ0n) is 11.8. The third kappa shape index (κ3) is 4.04. The van der Waals surface area contributed by atoms with E-state index in [4.69, 9.17) is 16.3 Å². The predicted molar refractivity (Wildman–Crippen MR) is 87.6 cm³/mol. The fourth-order valence-corrected chi connectivity index (χ4v) is 3.28. The molecule has 2 heterocycles. The fraction of sp³-hybridized carbons (Fsp3) is 0.333. The van der Waals surface area contributed by atoms with Crippen LogP contribution in [0.3, 0.4) is 0 Å². The molecule has 1 atom stereocenters. The maximum atomic E-state index is 12.1. The van der Waals surface area contributed by atoms with E-state index >= 15 is 0 Å². The first kappa shape index (κ1) is 15.4. The molecule has 0 saturated carbocycles. The molecule has 1 aromatic carbocycles. The molecule has 2 N–H and O–H groups in total. The number of ether oxygens (including phenoxy) is 1. The van der Waals surface area contributed by atoms with Crippen LogP contribution in [0.5, 0.6) is 0 Å². The predicted octanol–water partition coefficient (Wildman–Crippen LogP) is 2.31. The Hall–Kier alpha value is -1.47. The molecule has 0 unspecified atom stereocenters. The third-order valence-corrected chi connectivity index (χ3v) is 4.44. The summed E-state index contributed by atoms with van der Waals surface area (Å²) in [6.45, 7) is 1.73. The molecule has 0 bridgehead atoms.